The van der Waals surface area contributed by atoms with Crippen LogP contribution in [0.5, 0.6) is 0 Å². The molecule has 3 amide bonds. The minimum Gasteiger partial charge on any atom is -0.480 e. The Kier molecular flexibility index (Phi) is 10.8. The number of amides is 3. The van der Waals surface area contributed by atoms with Gasteiger partial charge in [0.05, 0.1) is 12.4 Å². The summed E-state index contributed by atoms with van der Waals surface area (Å²) in [7, 11) is 0. The Bertz CT molecular complexity index is 907. The number of nitrogens with zero attached hydrogens (tertiary/aromatic N) is 3. The Labute approximate surface area is 207 Å². The molecular formula is C20H33N9O5S. The molecule has 1 aromatic rings. The molecule has 1 aliphatic rings. The third-order valence-corrected chi connectivity index (χ3v) is 5.89. The van der Waals surface area contributed by atoms with Crippen molar-refractivity contribution in [2.45, 2.75) is 56.3 Å². The minimum absolute atomic E-state index is 0.0908. The Morgan fingerprint density at radius 1 is 1.29 bits per heavy atom. The second kappa shape index (κ2) is 13.5. The number of aromatic amines is 1. The van der Waals surface area contributed by atoms with E-state index in [9.17, 15) is 24.3 Å². The second-order valence-corrected chi connectivity index (χ2v) is 8.53. The number of carbonyl (C=O) groups is 4. The number of imidazole rings is 1. The number of hydrogen-bond acceptors (Lipinski definition) is 8. The molecule has 4 atom stereocenters. The number of guanidine groups is 1. The monoisotopic (exact) mass is 511 g/mol. The summed E-state index contributed by atoms with van der Waals surface area (Å²) in [5.74, 6) is -3.00. The van der Waals surface area contributed by atoms with Gasteiger partial charge in [0.1, 0.15) is 18.1 Å². The SMILES string of the molecule is NC(N)=NCCCC(NC(=O)C(N)Cc1cnc[nH]1)C(=O)N1CCCC1C(=O)NC(CS)C(=O)O. The van der Waals surface area contributed by atoms with E-state index in [4.69, 9.17) is 17.2 Å². The summed E-state index contributed by atoms with van der Waals surface area (Å²) < 4.78 is 0. The molecule has 0 bridgehead atoms. The van der Waals surface area contributed by atoms with Gasteiger partial charge in [0, 0.05) is 37.2 Å². The third kappa shape index (κ3) is 8.43. The van der Waals surface area contributed by atoms with Crippen LogP contribution in [0.1, 0.15) is 31.4 Å². The molecule has 0 aliphatic carbocycles. The lowest BCUT2D eigenvalue weighted by Crippen LogP contribution is -2.57. The van der Waals surface area contributed by atoms with Crippen molar-refractivity contribution in [3.8, 4) is 0 Å². The number of nitrogens with one attached hydrogen (secondary N) is 3. The number of carbonyl (C=O) groups excluding carboxylic acids is 3. The van der Waals surface area contributed by atoms with E-state index in [1.807, 2.05) is 0 Å². The van der Waals surface area contributed by atoms with E-state index in [1.165, 1.54) is 11.2 Å². The van der Waals surface area contributed by atoms with Crippen molar-refractivity contribution >= 4 is 42.3 Å². The average molecular weight is 512 g/mol. The molecule has 2 rings (SSSR count). The quantitative estimate of drug-likeness (QED) is 0.0594. The van der Waals surface area contributed by atoms with Gasteiger partial charge in [-0.3, -0.25) is 19.4 Å². The van der Waals surface area contributed by atoms with Crippen LogP contribution in [0.2, 0.25) is 0 Å². The van der Waals surface area contributed by atoms with Crippen LogP contribution < -0.4 is 27.8 Å². The number of carboxylic acid groups (broad SMARTS) is 1. The van der Waals surface area contributed by atoms with Crippen LogP contribution in [0.25, 0.3) is 0 Å². The maximum Gasteiger partial charge on any atom is 0.327 e. The van der Waals surface area contributed by atoms with Crippen molar-refractivity contribution in [3.63, 3.8) is 0 Å². The van der Waals surface area contributed by atoms with Gasteiger partial charge in [-0.05, 0) is 25.7 Å². The van der Waals surface area contributed by atoms with Gasteiger partial charge < -0.3 is 42.8 Å². The Morgan fingerprint density at radius 2 is 2.03 bits per heavy atom. The summed E-state index contributed by atoms with van der Waals surface area (Å²) >= 11 is 3.95. The van der Waals surface area contributed by atoms with Crippen molar-refractivity contribution in [2.24, 2.45) is 22.2 Å². The molecule has 4 unspecified atom stereocenters. The summed E-state index contributed by atoms with van der Waals surface area (Å²) in [6.45, 7) is 0.532. The van der Waals surface area contributed by atoms with Gasteiger partial charge >= 0.3 is 5.97 Å². The number of hydrogen-bond donors (Lipinski definition) is 8. The zero-order valence-corrected chi connectivity index (χ0v) is 20.1. The topological polar surface area (TPSA) is 235 Å². The van der Waals surface area contributed by atoms with E-state index in [2.05, 4.69) is 38.2 Å². The second-order valence-electron chi connectivity index (χ2n) is 8.17. The zero-order valence-electron chi connectivity index (χ0n) is 19.2. The van der Waals surface area contributed by atoms with Crippen molar-refractivity contribution < 1.29 is 24.3 Å². The Hall–Kier alpha value is -3.33. The van der Waals surface area contributed by atoms with E-state index in [1.54, 1.807) is 6.20 Å². The summed E-state index contributed by atoms with van der Waals surface area (Å²) in [5.41, 5.74) is 17.4. The molecule has 194 valence electrons. The van der Waals surface area contributed by atoms with Crippen molar-refractivity contribution in [1.82, 2.24) is 25.5 Å². The number of carboxylic acids is 1. The largest absolute Gasteiger partial charge is 0.480 e. The molecule has 2 heterocycles. The van der Waals surface area contributed by atoms with Crippen molar-refractivity contribution in [2.75, 3.05) is 18.8 Å². The maximum absolute atomic E-state index is 13.4. The predicted octanol–water partition coefficient (Wildman–Crippen LogP) is -2.69. The van der Waals surface area contributed by atoms with Gasteiger partial charge in [-0.2, -0.15) is 12.6 Å². The molecule has 10 N–H and O–H groups in total. The van der Waals surface area contributed by atoms with Crippen LogP contribution in [-0.4, -0.2) is 92.6 Å². The molecule has 1 fully saturated rings. The number of aromatic nitrogens is 2. The van der Waals surface area contributed by atoms with Crippen LogP contribution in [0, 0.1) is 0 Å². The number of aliphatic carboxylic acids is 1. The highest BCUT2D eigenvalue weighted by atomic mass is 32.1. The van der Waals surface area contributed by atoms with E-state index in [0.29, 0.717) is 25.0 Å². The van der Waals surface area contributed by atoms with Crippen molar-refractivity contribution in [1.29, 1.82) is 0 Å². The molecule has 15 heteroatoms. The van der Waals surface area contributed by atoms with E-state index in [-0.39, 0.29) is 37.6 Å². The van der Waals surface area contributed by atoms with Gasteiger partial charge in [-0.15, -0.1) is 0 Å². The van der Waals surface area contributed by atoms with Gasteiger partial charge in [-0.25, -0.2) is 9.78 Å². The van der Waals surface area contributed by atoms with Crippen LogP contribution in [0.3, 0.4) is 0 Å². The fourth-order valence-electron chi connectivity index (χ4n) is 3.72. The van der Waals surface area contributed by atoms with Gasteiger partial charge in [0.15, 0.2) is 5.96 Å². The molecule has 35 heavy (non-hydrogen) atoms. The number of likely N-dealkylation sites (tertiary alicyclic amines) is 1. The Morgan fingerprint density at radius 3 is 2.63 bits per heavy atom. The van der Waals surface area contributed by atoms with E-state index < -0.39 is 47.9 Å². The summed E-state index contributed by atoms with van der Waals surface area (Å²) in [4.78, 5) is 62.2. The first kappa shape index (κ1) is 27.9. The highest BCUT2D eigenvalue weighted by molar-refractivity contribution is 7.80. The average Bonchev–Trinajstić information content (AvgIpc) is 3.50. The normalized spacial score (nSPS) is 17.8. The zero-order chi connectivity index (χ0) is 26.0. The molecule has 1 saturated heterocycles. The van der Waals surface area contributed by atoms with Gasteiger partial charge in [0.25, 0.3) is 0 Å². The van der Waals surface area contributed by atoms with Crippen LogP contribution in [0.4, 0.5) is 0 Å². The van der Waals surface area contributed by atoms with Crippen LogP contribution in [0.15, 0.2) is 17.5 Å². The summed E-state index contributed by atoms with van der Waals surface area (Å²) in [6.07, 6.45) is 4.72. The Balaban J connectivity index is 2.11. The fraction of sp³-hybridized carbons (Fsp3) is 0.600. The first-order valence-corrected chi connectivity index (χ1v) is 11.8. The first-order chi connectivity index (χ1) is 16.6. The molecular weight excluding hydrogens is 478 g/mol. The van der Waals surface area contributed by atoms with Gasteiger partial charge in [-0.1, -0.05) is 0 Å². The summed E-state index contributed by atoms with van der Waals surface area (Å²) in [5, 5.41) is 14.3. The van der Waals surface area contributed by atoms with E-state index in [0.717, 1.165) is 0 Å². The third-order valence-electron chi connectivity index (χ3n) is 5.53. The molecule has 0 spiro atoms. The number of thiol groups is 1. The summed E-state index contributed by atoms with van der Waals surface area (Å²) in [6, 6.07) is -3.95. The lowest BCUT2D eigenvalue weighted by molar-refractivity contribution is -0.144. The lowest BCUT2D eigenvalue weighted by atomic mass is 10.1. The number of nitrogens with two attached hydrogens (primary N) is 3. The fourth-order valence-corrected chi connectivity index (χ4v) is 3.97. The molecule has 1 aliphatic heterocycles. The number of H-pyrrole nitrogens is 1. The molecule has 1 aromatic heterocycles. The molecule has 0 aromatic carbocycles. The van der Waals surface area contributed by atoms with Gasteiger partial charge in [0.2, 0.25) is 17.7 Å². The molecule has 14 nitrogen and oxygen atoms in total. The smallest absolute Gasteiger partial charge is 0.327 e. The number of rotatable bonds is 13. The minimum atomic E-state index is -1.22. The lowest BCUT2D eigenvalue weighted by Gasteiger charge is -2.30. The van der Waals surface area contributed by atoms with Crippen LogP contribution in [-0.2, 0) is 25.6 Å². The highest BCUT2D eigenvalue weighted by Gasteiger charge is 2.38. The standard InChI is InChI=1S/C20H33N9O5S/c21-12(7-11-8-24-10-26-11)16(30)27-13(3-1-5-25-20(22)23)18(32)29-6-2-4-15(29)17(31)28-14(9-35)19(33)34/h8,10,12-15,35H,1-7,9,21H2,(H,24,26)(H,27,30)(H,28,31)(H,33,34)(H4,22,23,25). The maximum atomic E-state index is 13.4. The highest BCUT2D eigenvalue weighted by Crippen LogP contribution is 2.20. The first-order valence-electron chi connectivity index (χ1n) is 11.2. The molecule has 0 saturated carbocycles. The molecule has 0 radical (unpaired) electrons. The number of aliphatic imine (C=N–C) groups is 1. The predicted molar refractivity (Wildman–Crippen MR) is 130 cm³/mol. The van der Waals surface area contributed by atoms with Crippen molar-refractivity contribution in [3.05, 3.63) is 18.2 Å². The van der Waals surface area contributed by atoms with E-state index >= 15 is 0 Å². The van der Waals surface area contributed by atoms with Crippen LogP contribution >= 0.6 is 12.6 Å².